The molecule has 146 valence electrons. The van der Waals surface area contributed by atoms with Gasteiger partial charge in [0.25, 0.3) is 11.8 Å². The number of fused-ring (bicyclic) bond motifs is 1. The van der Waals surface area contributed by atoms with Gasteiger partial charge in [-0.15, -0.1) is 0 Å². The highest BCUT2D eigenvalue weighted by Gasteiger charge is 2.31. The molecule has 3 aromatic carbocycles. The van der Waals surface area contributed by atoms with Gasteiger partial charge in [0.1, 0.15) is 0 Å². The van der Waals surface area contributed by atoms with Crippen molar-refractivity contribution < 1.29 is 9.59 Å². The zero-order valence-electron chi connectivity index (χ0n) is 16.5. The summed E-state index contributed by atoms with van der Waals surface area (Å²) in [6.45, 7) is 0.664. The van der Waals surface area contributed by atoms with Gasteiger partial charge >= 0.3 is 0 Å². The van der Waals surface area contributed by atoms with Gasteiger partial charge < -0.3 is 10.2 Å². The van der Waals surface area contributed by atoms with Crippen LogP contribution in [0.2, 0.25) is 0 Å². The molecule has 0 spiro atoms. The minimum absolute atomic E-state index is 0.0292. The Morgan fingerprint density at radius 3 is 2.45 bits per heavy atom. The SMILES string of the molecule is CNC(=O)c1cccc(C(=O)N2CCc3ccccc3C2Cc2ccccc2)c1. The van der Waals surface area contributed by atoms with E-state index in [1.807, 2.05) is 29.2 Å². The molecule has 4 rings (SSSR count). The van der Waals surface area contributed by atoms with Gasteiger partial charge in [-0.3, -0.25) is 9.59 Å². The predicted molar refractivity (Wildman–Crippen MR) is 114 cm³/mol. The molecular formula is C25H24N2O2. The standard InChI is InChI=1S/C25H24N2O2/c1-26-24(28)20-11-7-12-21(17-20)25(29)27-15-14-19-10-5-6-13-22(19)23(27)16-18-8-3-2-4-9-18/h2-13,17,23H,14-16H2,1H3,(H,26,28). The van der Waals surface area contributed by atoms with E-state index in [1.165, 1.54) is 16.7 Å². The summed E-state index contributed by atoms with van der Waals surface area (Å²) in [5.41, 5.74) is 4.75. The van der Waals surface area contributed by atoms with Gasteiger partial charge in [-0.25, -0.2) is 0 Å². The zero-order valence-corrected chi connectivity index (χ0v) is 16.5. The number of benzene rings is 3. The van der Waals surface area contributed by atoms with Crippen LogP contribution in [0, 0.1) is 0 Å². The van der Waals surface area contributed by atoms with E-state index in [0.29, 0.717) is 17.7 Å². The van der Waals surface area contributed by atoms with Crippen molar-refractivity contribution in [1.82, 2.24) is 10.2 Å². The van der Waals surface area contributed by atoms with Gasteiger partial charge in [0, 0.05) is 24.7 Å². The fourth-order valence-electron chi connectivity index (χ4n) is 4.06. The molecule has 2 amide bonds. The number of nitrogens with zero attached hydrogens (tertiary/aromatic N) is 1. The Morgan fingerprint density at radius 1 is 0.931 bits per heavy atom. The molecule has 0 bridgehead atoms. The Bertz CT molecular complexity index is 1030. The first-order valence-electron chi connectivity index (χ1n) is 9.92. The minimum Gasteiger partial charge on any atom is -0.355 e. The van der Waals surface area contributed by atoms with Crippen LogP contribution in [0.1, 0.15) is 43.4 Å². The van der Waals surface area contributed by atoms with Gasteiger partial charge in [0.15, 0.2) is 0 Å². The number of rotatable bonds is 4. The molecule has 4 heteroatoms. The summed E-state index contributed by atoms with van der Waals surface area (Å²) >= 11 is 0. The Hall–Kier alpha value is -3.40. The number of amides is 2. The van der Waals surface area contributed by atoms with E-state index in [-0.39, 0.29) is 17.9 Å². The number of nitrogens with one attached hydrogen (secondary N) is 1. The quantitative estimate of drug-likeness (QED) is 0.738. The lowest BCUT2D eigenvalue weighted by atomic mass is 9.88. The Kier molecular flexibility index (Phi) is 5.43. The lowest BCUT2D eigenvalue weighted by Gasteiger charge is -2.38. The van der Waals surface area contributed by atoms with E-state index in [9.17, 15) is 9.59 Å². The number of hydrogen-bond donors (Lipinski definition) is 1. The van der Waals surface area contributed by atoms with Gasteiger partial charge in [-0.1, -0.05) is 60.7 Å². The average molecular weight is 384 g/mol. The van der Waals surface area contributed by atoms with E-state index in [2.05, 4.69) is 35.6 Å². The molecule has 0 saturated carbocycles. The Labute approximate surface area is 171 Å². The highest BCUT2D eigenvalue weighted by Crippen LogP contribution is 2.33. The van der Waals surface area contributed by atoms with Crippen molar-refractivity contribution in [3.63, 3.8) is 0 Å². The van der Waals surface area contributed by atoms with Crippen molar-refractivity contribution >= 4 is 11.8 Å². The van der Waals surface area contributed by atoms with Crippen LogP contribution in [0.25, 0.3) is 0 Å². The second-order valence-electron chi connectivity index (χ2n) is 7.31. The molecule has 1 N–H and O–H groups in total. The summed E-state index contributed by atoms with van der Waals surface area (Å²) in [5.74, 6) is -0.226. The second-order valence-corrected chi connectivity index (χ2v) is 7.31. The van der Waals surface area contributed by atoms with Crippen molar-refractivity contribution in [1.29, 1.82) is 0 Å². The molecule has 4 nitrogen and oxygen atoms in total. The normalized spacial score (nSPS) is 15.5. The number of carbonyl (C=O) groups excluding carboxylic acids is 2. The summed E-state index contributed by atoms with van der Waals surface area (Å²) in [6, 6.07) is 25.6. The maximum Gasteiger partial charge on any atom is 0.254 e. The molecule has 1 unspecified atom stereocenters. The van der Waals surface area contributed by atoms with E-state index in [1.54, 1.807) is 31.3 Å². The van der Waals surface area contributed by atoms with Crippen LogP contribution in [-0.2, 0) is 12.8 Å². The lowest BCUT2D eigenvalue weighted by molar-refractivity contribution is 0.0660. The number of hydrogen-bond acceptors (Lipinski definition) is 2. The molecule has 1 aliphatic rings. The van der Waals surface area contributed by atoms with Gasteiger partial charge in [0.05, 0.1) is 6.04 Å². The molecule has 0 aromatic heterocycles. The van der Waals surface area contributed by atoms with Crippen LogP contribution < -0.4 is 5.32 Å². The largest absolute Gasteiger partial charge is 0.355 e. The first kappa shape index (κ1) is 18.9. The van der Waals surface area contributed by atoms with Gasteiger partial charge in [-0.05, 0) is 47.7 Å². The fraction of sp³-hybridized carbons (Fsp3) is 0.200. The molecule has 3 aromatic rings. The minimum atomic E-state index is -0.190. The molecule has 1 atom stereocenters. The highest BCUT2D eigenvalue weighted by molar-refractivity contribution is 5.99. The van der Waals surface area contributed by atoms with E-state index in [0.717, 1.165) is 12.8 Å². The van der Waals surface area contributed by atoms with Crippen LogP contribution in [0.15, 0.2) is 78.9 Å². The second kappa shape index (κ2) is 8.31. The summed E-state index contributed by atoms with van der Waals surface area (Å²) in [7, 11) is 1.59. The van der Waals surface area contributed by atoms with Crippen LogP contribution in [0.3, 0.4) is 0 Å². The van der Waals surface area contributed by atoms with E-state index < -0.39 is 0 Å². The fourth-order valence-corrected chi connectivity index (χ4v) is 4.06. The topological polar surface area (TPSA) is 49.4 Å². The molecule has 1 aliphatic heterocycles. The Balaban J connectivity index is 1.69. The van der Waals surface area contributed by atoms with E-state index >= 15 is 0 Å². The molecule has 0 radical (unpaired) electrons. The van der Waals surface area contributed by atoms with Crippen LogP contribution >= 0.6 is 0 Å². The van der Waals surface area contributed by atoms with Gasteiger partial charge in [0.2, 0.25) is 0 Å². The third kappa shape index (κ3) is 3.92. The maximum absolute atomic E-state index is 13.5. The lowest BCUT2D eigenvalue weighted by Crippen LogP contribution is -2.41. The van der Waals surface area contributed by atoms with Gasteiger partial charge in [-0.2, -0.15) is 0 Å². The smallest absolute Gasteiger partial charge is 0.254 e. The predicted octanol–water partition coefficient (Wildman–Crippen LogP) is 4.03. The Morgan fingerprint density at radius 2 is 1.66 bits per heavy atom. The van der Waals surface area contributed by atoms with Crippen LogP contribution in [0.4, 0.5) is 0 Å². The average Bonchev–Trinajstić information content (AvgIpc) is 2.79. The molecule has 29 heavy (non-hydrogen) atoms. The van der Waals surface area contributed by atoms with Crippen molar-refractivity contribution in [3.05, 3.63) is 107 Å². The first-order valence-corrected chi connectivity index (χ1v) is 9.92. The molecule has 0 saturated heterocycles. The van der Waals surface area contributed by atoms with Crippen LogP contribution in [-0.4, -0.2) is 30.3 Å². The summed E-state index contributed by atoms with van der Waals surface area (Å²) in [6.07, 6.45) is 1.60. The summed E-state index contributed by atoms with van der Waals surface area (Å²) < 4.78 is 0. The van der Waals surface area contributed by atoms with Crippen molar-refractivity contribution in [2.45, 2.75) is 18.9 Å². The monoisotopic (exact) mass is 384 g/mol. The van der Waals surface area contributed by atoms with Crippen molar-refractivity contribution in [2.75, 3.05) is 13.6 Å². The summed E-state index contributed by atoms with van der Waals surface area (Å²) in [4.78, 5) is 27.4. The van der Waals surface area contributed by atoms with Crippen molar-refractivity contribution in [3.8, 4) is 0 Å². The van der Waals surface area contributed by atoms with Crippen molar-refractivity contribution in [2.24, 2.45) is 0 Å². The zero-order chi connectivity index (χ0) is 20.2. The molecular weight excluding hydrogens is 360 g/mol. The van der Waals surface area contributed by atoms with E-state index in [4.69, 9.17) is 0 Å². The molecule has 0 fully saturated rings. The third-order valence-corrected chi connectivity index (χ3v) is 5.54. The molecule has 0 aliphatic carbocycles. The first-order chi connectivity index (χ1) is 14.2. The number of carbonyl (C=O) groups is 2. The van der Waals surface area contributed by atoms with Crippen LogP contribution in [0.5, 0.6) is 0 Å². The molecule has 1 heterocycles. The highest BCUT2D eigenvalue weighted by atomic mass is 16.2. The third-order valence-electron chi connectivity index (χ3n) is 5.54. The maximum atomic E-state index is 13.5. The summed E-state index contributed by atoms with van der Waals surface area (Å²) in [5, 5.41) is 2.62.